The van der Waals surface area contributed by atoms with Gasteiger partial charge in [-0.1, -0.05) is 29.8 Å². The first-order valence-corrected chi connectivity index (χ1v) is 7.47. The van der Waals surface area contributed by atoms with Crippen LogP contribution < -0.4 is 0 Å². The number of aliphatic hydroxyl groups excluding tert-OH is 1. The second kappa shape index (κ2) is 5.34. The summed E-state index contributed by atoms with van der Waals surface area (Å²) in [6.45, 7) is 2.90. The molecule has 0 saturated carbocycles. The van der Waals surface area contributed by atoms with Crippen molar-refractivity contribution in [1.82, 2.24) is 9.88 Å². The first kappa shape index (κ1) is 13.3. The second-order valence-corrected chi connectivity index (χ2v) is 6.10. The molecule has 20 heavy (non-hydrogen) atoms. The van der Waals surface area contributed by atoms with Crippen molar-refractivity contribution in [2.45, 2.75) is 19.4 Å². The summed E-state index contributed by atoms with van der Waals surface area (Å²) in [7, 11) is 0. The van der Waals surface area contributed by atoms with Crippen molar-refractivity contribution < 1.29 is 9.90 Å². The molecule has 0 radical (unpaired) electrons. The number of β-amino-alcohol motifs (C(OH)–C–C–N with tert-alkyl or cyclic N) is 1. The summed E-state index contributed by atoms with van der Waals surface area (Å²) >= 11 is 1.51. The van der Waals surface area contributed by atoms with Gasteiger partial charge in [-0.25, -0.2) is 4.98 Å². The van der Waals surface area contributed by atoms with Gasteiger partial charge >= 0.3 is 0 Å². The maximum atomic E-state index is 12.0. The van der Waals surface area contributed by atoms with E-state index in [4.69, 9.17) is 0 Å². The van der Waals surface area contributed by atoms with Crippen molar-refractivity contribution >= 4 is 17.2 Å². The van der Waals surface area contributed by atoms with E-state index in [1.807, 2.05) is 0 Å². The van der Waals surface area contributed by atoms with Gasteiger partial charge in [0.05, 0.1) is 11.1 Å². The van der Waals surface area contributed by atoms with E-state index in [2.05, 4.69) is 36.2 Å². The van der Waals surface area contributed by atoms with E-state index >= 15 is 0 Å². The Hall–Kier alpha value is -1.72. The molecule has 2 heterocycles. The number of hydrogen-bond donors (Lipinski definition) is 1. The molecule has 1 aromatic carbocycles. The van der Waals surface area contributed by atoms with Crippen LogP contribution in [-0.4, -0.2) is 40.1 Å². The molecule has 0 unspecified atom stereocenters. The van der Waals surface area contributed by atoms with E-state index in [1.165, 1.54) is 22.5 Å². The van der Waals surface area contributed by atoms with Gasteiger partial charge in [-0.3, -0.25) is 4.79 Å². The normalized spacial score (nSPS) is 15.2. The first-order valence-electron chi connectivity index (χ1n) is 6.59. The Morgan fingerprint density at radius 3 is 2.75 bits per heavy atom. The van der Waals surface area contributed by atoms with Crippen LogP contribution in [0.3, 0.4) is 0 Å². The number of aliphatic hydroxyl groups is 1. The van der Waals surface area contributed by atoms with Crippen LogP contribution in [0.2, 0.25) is 0 Å². The lowest BCUT2D eigenvalue weighted by Crippen LogP contribution is -2.53. The molecule has 3 rings (SSSR count). The van der Waals surface area contributed by atoms with E-state index in [9.17, 15) is 9.90 Å². The molecule has 104 valence electrons. The number of aromatic nitrogens is 1. The molecule has 1 fully saturated rings. The average Bonchev–Trinajstić information content (AvgIpc) is 2.86. The van der Waals surface area contributed by atoms with E-state index in [0.29, 0.717) is 18.8 Å². The number of benzene rings is 1. The average molecular weight is 288 g/mol. The standard InChI is InChI=1S/C15H16N2O2S/c1-10-2-4-11(5-3-10)6-14-16-13(9-20-14)15(19)17-7-12(18)8-17/h2-5,9,12,18H,6-8H2,1H3. The monoisotopic (exact) mass is 288 g/mol. The van der Waals surface area contributed by atoms with Crippen molar-refractivity contribution in [3.8, 4) is 0 Å². The second-order valence-electron chi connectivity index (χ2n) is 5.15. The summed E-state index contributed by atoms with van der Waals surface area (Å²) < 4.78 is 0. The third-order valence-electron chi connectivity index (χ3n) is 3.40. The summed E-state index contributed by atoms with van der Waals surface area (Å²) in [5.74, 6) is -0.0818. The Morgan fingerprint density at radius 1 is 1.40 bits per heavy atom. The molecule has 0 spiro atoms. The molecular formula is C15H16N2O2S. The SMILES string of the molecule is Cc1ccc(Cc2nc(C(=O)N3CC(O)C3)cs2)cc1. The van der Waals surface area contributed by atoms with Gasteiger partial charge in [-0.05, 0) is 12.5 Å². The van der Waals surface area contributed by atoms with Crippen LogP contribution in [0.5, 0.6) is 0 Å². The lowest BCUT2D eigenvalue weighted by molar-refractivity contribution is 0.00555. The molecule has 0 aliphatic carbocycles. The Morgan fingerprint density at radius 2 is 2.10 bits per heavy atom. The minimum Gasteiger partial charge on any atom is -0.389 e. The smallest absolute Gasteiger partial charge is 0.273 e. The zero-order valence-electron chi connectivity index (χ0n) is 11.2. The largest absolute Gasteiger partial charge is 0.389 e. The van der Waals surface area contributed by atoms with Crippen LogP contribution in [0.25, 0.3) is 0 Å². The van der Waals surface area contributed by atoms with Gasteiger partial charge in [0.1, 0.15) is 5.69 Å². The van der Waals surface area contributed by atoms with Crippen LogP contribution in [-0.2, 0) is 6.42 Å². The van der Waals surface area contributed by atoms with Gasteiger partial charge in [-0.15, -0.1) is 11.3 Å². The maximum Gasteiger partial charge on any atom is 0.273 e. The molecule has 1 aliphatic heterocycles. The molecule has 1 saturated heterocycles. The third-order valence-corrected chi connectivity index (χ3v) is 4.25. The number of likely N-dealkylation sites (tertiary alicyclic amines) is 1. The number of nitrogens with zero attached hydrogens (tertiary/aromatic N) is 2. The highest BCUT2D eigenvalue weighted by Gasteiger charge is 2.30. The zero-order valence-corrected chi connectivity index (χ0v) is 12.1. The number of rotatable bonds is 3. The fourth-order valence-corrected chi connectivity index (χ4v) is 2.96. The van der Waals surface area contributed by atoms with Gasteiger partial charge in [0.25, 0.3) is 5.91 Å². The van der Waals surface area contributed by atoms with Gasteiger partial charge < -0.3 is 10.0 Å². The molecule has 0 bridgehead atoms. The highest BCUT2D eigenvalue weighted by Crippen LogP contribution is 2.18. The summed E-state index contributed by atoms with van der Waals surface area (Å²) in [5.41, 5.74) is 2.92. The van der Waals surface area contributed by atoms with Crippen molar-refractivity contribution in [2.24, 2.45) is 0 Å². The molecule has 5 heteroatoms. The van der Waals surface area contributed by atoms with Crippen LogP contribution in [0.1, 0.15) is 26.6 Å². The predicted octanol–water partition coefficient (Wildman–Crippen LogP) is 1.86. The van der Waals surface area contributed by atoms with Crippen molar-refractivity contribution in [3.63, 3.8) is 0 Å². The molecule has 1 amide bonds. The van der Waals surface area contributed by atoms with Crippen molar-refractivity contribution in [3.05, 3.63) is 51.5 Å². The Labute approximate surface area is 121 Å². The summed E-state index contributed by atoms with van der Waals surface area (Å²) in [6, 6.07) is 8.33. The fourth-order valence-electron chi connectivity index (χ4n) is 2.15. The molecule has 4 nitrogen and oxygen atoms in total. The number of carbonyl (C=O) groups is 1. The highest BCUT2D eigenvalue weighted by atomic mass is 32.1. The molecular weight excluding hydrogens is 272 g/mol. The number of hydrogen-bond acceptors (Lipinski definition) is 4. The quantitative estimate of drug-likeness (QED) is 0.938. The lowest BCUT2D eigenvalue weighted by Gasteiger charge is -2.35. The van der Waals surface area contributed by atoms with Crippen LogP contribution in [0.15, 0.2) is 29.6 Å². The number of amides is 1. The van der Waals surface area contributed by atoms with Crippen molar-refractivity contribution in [2.75, 3.05) is 13.1 Å². The van der Waals surface area contributed by atoms with Crippen molar-refractivity contribution in [1.29, 1.82) is 0 Å². The van der Waals surface area contributed by atoms with Gasteiger partial charge in [0.2, 0.25) is 0 Å². The summed E-state index contributed by atoms with van der Waals surface area (Å²) in [5, 5.41) is 12.0. The molecule has 1 aromatic heterocycles. The minimum atomic E-state index is -0.371. The third kappa shape index (κ3) is 2.73. The summed E-state index contributed by atoms with van der Waals surface area (Å²) in [6.07, 6.45) is 0.380. The molecule has 1 N–H and O–H groups in total. The van der Waals surface area contributed by atoms with E-state index < -0.39 is 0 Å². The van der Waals surface area contributed by atoms with E-state index in [0.717, 1.165) is 11.4 Å². The topological polar surface area (TPSA) is 53.4 Å². The number of thiazole rings is 1. The zero-order chi connectivity index (χ0) is 14.1. The predicted molar refractivity (Wildman–Crippen MR) is 78.0 cm³/mol. The minimum absolute atomic E-state index is 0.0818. The number of aryl methyl sites for hydroxylation is 1. The Bertz CT molecular complexity index is 615. The van der Waals surface area contributed by atoms with Crippen LogP contribution in [0, 0.1) is 6.92 Å². The van der Waals surface area contributed by atoms with E-state index in [-0.39, 0.29) is 12.0 Å². The van der Waals surface area contributed by atoms with Crippen LogP contribution >= 0.6 is 11.3 Å². The van der Waals surface area contributed by atoms with Crippen LogP contribution in [0.4, 0.5) is 0 Å². The highest BCUT2D eigenvalue weighted by molar-refractivity contribution is 7.09. The maximum absolute atomic E-state index is 12.0. The number of carbonyl (C=O) groups excluding carboxylic acids is 1. The fraction of sp³-hybridized carbons (Fsp3) is 0.333. The molecule has 2 aromatic rings. The molecule has 1 aliphatic rings. The lowest BCUT2D eigenvalue weighted by atomic mass is 10.1. The van der Waals surface area contributed by atoms with Gasteiger partial charge in [-0.2, -0.15) is 0 Å². The van der Waals surface area contributed by atoms with Gasteiger partial charge in [0.15, 0.2) is 0 Å². The summed E-state index contributed by atoms with van der Waals surface area (Å²) in [4.78, 5) is 18.1. The molecule has 0 atom stereocenters. The Balaban J connectivity index is 1.67. The first-order chi connectivity index (χ1) is 9.61. The van der Waals surface area contributed by atoms with E-state index in [1.54, 1.807) is 10.3 Å². The Kier molecular flexibility index (Phi) is 3.54. The van der Waals surface area contributed by atoms with Gasteiger partial charge in [0, 0.05) is 24.9 Å².